The summed E-state index contributed by atoms with van der Waals surface area (Å²) in [4.78, 5) is 24.1. The van der Waals surface area contributed by atoms with Crippen LogP contribution in [0.15, 0.2) is 52.3 Å². The lowest BCUT2D eigenvalue weighted by Crippen LogP contribution is -2.41. The zero-order chi connectivity index (χ0) is 21.9. The molecule has 0 aliphatic carbocycles. The summed E-state index contributed by atoms with van der Waals surface area (Å²) in [6, 6.07) is 10.5. The minimum absolute atomic E-state index is 0.166. The molecule has 0 unspecified atom stereocenters. The number of hydrogen-bond acceptors (Lipinski definition) is 6. The first-order valence-electron chi connectivity index (χ1n) is 9.11. The van der Waals surface area contributed by atoms with Gasteiger partial charge in [-0.15, -0.1) is 11.8 Å². The minimum Gasteiger partial charge on any atom is -0.324 e. The number of non-ortho nitro benzene ring substituents is 1. The molecule has 2 aromatic carbocycles. The Morgan fingerprint density at radius 1 is 1.20 bits per heavy atom. The minimum atomic E-state index is -3.62. The van der Waals surface area contributed by atoms with Gasteiger partial charge in [0.25, 0.3) is 5.69 Å². The predicted octanol–water partition coefficient (Wildman–Crippen LogP) is 4.01. The van der Waals surface area contributed by atoms with E-state index in [0.29, 0.717) is 12.8 Å². The van der Waals surface area contributed by atoms with E-state index >= 15 is 0 Å². The van der Waals surface area contributed by atoms with Crippen LogP contribution in [0.3, 0.4) is 0 Å². The van der Waals surface area contributed by atoms with Gasteiger partial charge in [0.15, 0.2) is 0 Å². The van der Waals surface area contributed by atoms with Gasteiger partial charge in [0.1, 0.15) is 0 Å². The summed E-state index contributed by atoms with van der Waals surface area (Å²) in [7, 11) is -3.62. The molecule has 1 heterocycles. The van der Waals surface area contributed by atoms with E-state index in [1.165, 1.54) is 34.3 Å². The number of nitro groups is 1. The number of halogens is 1. The normalized spacial score (nSPS) is 15.7. The lowest BCUT2D eigenvalue weighted by molar-refractivity contribution is -0.384. The number of benzene rings is 2. The van der Waals surface area contributed by atoms with Gasteiger partial charge in [-0.05, 0) is 49.4 Å². The molecule has 1 saturated heterocycles. The van der Waals surface area contributed by atoms with E-state index in [1.54, 1.807) is 24.3 Å². The maximum absolute atomic E-state index is 12.8. The van der Waals surface area contributed by atoms with E-state index in [4.69, 9.17) is 11.6 Å². The first-order valence-corrected chi connectivity index (χ1v) is 12.2. The van der Waals surface area contributed by atoms with Gasteiger partial charge in [-0.3, -0.25) is 14.9 Å². The van der Waals surface area contributed by atoms with Crippen molar-refractivity contribution in [3.8, 4) is 0 Å². The molecule has 8 nitrogen and oxygen atoms in total. The number of piperidine rings is 1. The molecule has 1 fully saturated rings. The molecule has 0 spiro atoms. The van der Waals surface area contributed by atoms with Crippen LogP contribution in [0.2, 0.25) is 5.02 Å². The van der Waals surface area contributed by atoms with Crippen molar-refractivity contribution in [3.63, 3.8) is 0 Å². The fourth-order valence-corrected chi connectivity index (χ4v) is 5.26. The second kappa shape index (κ2) is 9.34. The number of carbonyl (C=O) groups excluding carboxylic acids is 1. The summed E-state index contributed by atoms with van der Waals surface area (Å²) in [5.41, 5.74) is -0.0112. The van der Waals surface area contributed by atoms with Gasteiger partial charge in [-0.2, -0.15) is 4.31 Å². The van der Waals surface area contributed by atoms with Crippen LogP contribution in [0.1, 0.15) is 12.8 Å². The molecular weight excluding hydrogens is 450 g/mol. The van der Waals surface area contributed by atoms with Crippen LogP contribution in [0.5, 0.6) is 0 Å². The van der Waals surface area contributed by atoms with Gasteiger partial charge in [0, 0.05) is 36.0 Å². The molecule has 1 aliphatic heterocycles. The second-order valence-corrected chi connectivity index (χ2v) is 9.99. The number of rotatable bonds is 6. The van der Waals surface area contributed by atoms with Crippen molar-refractivity contribution in [3.05, 3.63) is 57.6 Å². The number of nitrogens with zero attached hydrogens (tertiary/aromatic N) is 2. The first-order chi connectivity index (χ1) is 14.2. The Bertz CT molecular complexity index is 1050. The quantitative estimate of drug-likeness (QED) is 0.389. The molecule has 0 saturated carbocycles. The van der Waals surface area contributed by atoms with Gasteiger partial charge in [-0.1, -0.05) is 11.6 Å². The van der Waals surface area contributed by atoms with Crippen molar-refractivity contribution in [2.75, 3.05) is 24.7 Å². The fraction of sp³-hybridized carbons (Fsp3) is 0.316. The maximum Gasteiger partial charge on any atom is 0.271 e. The summed E-state index contributed by atoms with van der Waals surface area (Å²) < 4.78 is 27.1. The van der Waals surface area contributed by atoms with Crippen LogP contribution >= 0.6 is 23.4 Å². The molecule has 2 aromatic rings. The summed E-state index contributed by atoms with van der Waals surface area (Å²) in [6.07, 6.45) is 2.61. The van der Waals surface area contributed by atoms with Crippen molar-refractivity contribution in [1.29, 1.82) is 0 Å². The average molecular weight is 470 g/mol. The number of hydrogen-bond donors (Lipinski definition) is 1. The van der Waals surface area contributed by atoms with E-state index in [0.717, 1.165) is 4.90 Å². The van der Waals surface area contributed by atoms with Crippen LogP contribution in [0.4, 0.5) is 11.4 Å². The Balaban J connectivity index is 1.64. The monoisotopic (exact) mass is 469 g/mol. The van der Waals surface area contributed by atoms with Crippen LogP contribution in [0.25, 0.3) is 0 Å². The lowest BCUT2D eigenvalue weighted by atomic mass is 9.97. The van der Waals surface area contributed by atoms with E-state index in [-0.39, 0.29) is 40.3 Å². The summed E-state index contributed by atoms with van der Waals surface area (Å²) in [5.74, 6) is -0.746. The highest BCUT2D eigenvalue weighted by atomic mass is 35.5. The molecule has 11 heteroatoms. The zero-order valence-corrected chi connectivity index (χ0v) is 18.5. The van der Waals surface area contributed by atoms with Crippen molar-refractivity contribution in [1.82, 2.24) is 4.31 Å². The number of carbonyl (C=O) groups is 1. The second-order valence-electron chi connectivity index (χ2n) is 6.76. The van der Waals surface area contributed by atoms with Gasteiger partial charge in [-0.25, -0.2) is 8.42 Å². The average Bonchev–Trinajstić information content (AvgIpc) is 2.75. The van der Waals surface area contributed by atoms with Crippen LogP contribution < -0.4 is 5.32 Å². The maximum atomic E-state index is 12.8. The number of sulfonamides is 1. The molecular formula is C19H20ClN3O5S2. The molecule has 3 rings (SSSR count). The van der Waals surface area contributed by atoms with E-state index in [9.17, 15) is 23.3 Å². The molecule has 30 heavy (non-hydrogen) atoms. The smallest absolute Gasteiger partial charge is 0.271 e. The first kappa shape index (κ1) is 22.5. The predicted molar refractivity (Wildman–Crippen MR) is 116 cm³/mol. The third-order valence-corrected chi connectivity index (χ3v) is 7.93. The Labute approximate surface area is 183 Å². The molecule has 1 N–H and O–H groups in total. The van der Waals surface area contributed by atoms with Crippen molar-refractivity contribution < 1.29 is 18.1 Å². The Kier molecular flexibility index (Phi) is 7.02. The van der Waals surface area contributed by atoms with Gasteiger partial charge < -0.3 is 5.32 Å². The van der Waals surface area contributed by atoms with Crippen molar-refractivity contribution in [2.24, 2.45) is 5.92 Å². The standard InChI is InChI=1S/C19H20ClN3O5S2/c1-29-15-3-5-16(6-4-15)30(27,28)22-10-8-13(9-11-22)19(24)21-18-12-14(23(25)26)2-7-17(18)20/h2-7,12-13H,8-11H2,1H3,(H,21,24). The van der Waals surface area contributed by atoms with Crippen molar-refractivity contribution in [2.45, 2.75) is 22.6 Å². The lowest BCUT2D eigenvalue weighted by Gasteiger charge is -2.30. The Morgan fingerprint density at radius 2 is 1.83 bits per heavy atom. The fourth-order valence-electron chi connectivity index (χ4n) is 3.21. The Hall–Kier alpha value is -2.14. The topological polar surface area (TPSA) is 110 Å². The van der Waals surface area contributed by atoms with Crippen LogP contribution in [-0.2, 0) is 14.8 Å². The van der Waals surface area contributed by atoms with Gasteiger partial charge in [0.05, 0.1) is 20.5 Å². The van der Waals surface area contributed by atoms with Crippen molar-refractivity contribution >= 4 is 50.7 Å². The third kappa shape index (κ3) is 4.94. The largest absolute Gasteiger partial charge is 0.324 e. The molecule has 0 bridgehead atoms. The highest BCUT2D eigenvalue weighted by molar-refractivity contribution is 7.98. The number of anilines is 1. The van der Waals surface area contributed by atoms with Crippen LogP contribution in [-0.4, -0.2) is 42.9 Å². The van der Waals surface area contributed by atoms with Crippen LogP contribution in [0, 0.1) is 16.0 Å². The summed E-state index contributed by atoms with van der Waals surface area (Å²) >= 11 is 7.56. The number of nitro benzene ring substituents is 1. The zero-order valence-electron chi connectivity index (χ0n) is 16.1. The summed E-state index contributed by atoms with van der Waals surface area (Å²) in [5, 5.41) is 13.7. The number of thioether (sulfide) groups is 1. The van der Waals surface area contributed by atoms with Gasteiger partial charge >= 0.3 is 0 Å². The Morgan fingerprint density at radius 3 is 2.40 bits per heavy atom. The number of nitrogens with one attached hydrogen (secondary N) is 1. The molecule has 1 aliphatic rings. The molecule has 0 radical (unpaired) electrons. The molecule has 1 amide bonds. The molecule has 160 valence electrons. The molecule has 0 aromatic heterocycles. The van der Waals surface area contributed by atoms with Gasteiger partial charge in [0.2, 0.25) is 15.9 Å². The highest BCUT2D eigenvalue weighted by Gasteiger charge is 2.32. The highest BCUT2D eigenvalue weighted by Crippen LogP contribution is 2.29. The molecule has 0 atom stereocenters. The number of amides is 1. The SMILES string of the molecule is CSc1ccc(S(=O)(=O)N2CCC(C(=O)Nc3cc([N+](=O)[O-])ccc3Cl)CC2)cc1. The van der Waals surface area contributed by atoms with E-state index in [1.807, 2.05) is 6.26 Å². The van der Waals surface area contributed by atoms with E-state index in [2.05, 4.69) is 5.32 Å². The third-order valence-electron chi connectivity index (χ3n) is 4.94. The van der Waals surface area contributed by atoms with E-state index < -0.39 is 20.9 Å². The summed E-state index contributed by atoms with van der Waals surface area (Å²) in [6.45, 7) is 0.431.